The lowest BCUT2D eigenvalue weighted by Gasteiger charge is -2.13. The number of carboxylic acids is 1. The molecular formula is C15H18NO4-. The number of fused-ring (bicyclic) bond motifs is 1. The number of hydrogen-bond donors (Lipinski definition) is 0. The average Bonchev–Trinajstić information content (AvgIpc) is 2.71. The Bertz CT molecular complexity index is 658. The third kappa shape index (κ3) is 2.31. The fourth-order valence-electron chi connectivity index (χ4n) is 2.55. The summed E-state index contributed by atoms with van der Waals surface area (Å²) in [7, 11) is 3.23. The number of aliphatic carboxylic acids is 1. The highest BCUT2D eigenvalue weighted by Crippen LogP contribution is 2.37. The fourth-order valence-corrected chi connectivity index (χ4v) is 2.55. The van der Waals surface area contributed by atoms with Gasteiger partial charge in [-0.05, 0) is 19.9 Å². The van der Waals surface area contributed by atoms with Gasteiger partial charge in [0.15, 0.2) is 0 Å². The molecule has 1 heterocycles. The molecule has 20 heavy (non-hydrogen) atoms. The minimum absolute atomic E-state index is 0.0247. The van der Waals surface area contributed by atoms with Gasteiger partial charge in [0.1, 0.15) is 11.5 Å². The molecular weight excluding hydrogens is 258 g/mol. The molecule has 0 atom stereocenters. The van der Waals surface area contributed by atoms with Crippen molar-refractivity contribution in [2.75, 3.05) is 14.2 Å². The van der Waals surface area contributed by atoms with E-state index >= 15 is 0 Å². The molecule has 0 fully saturated rings. The molecule has 0 radical (unpaired) electrons. The quantitative estimate of drug-likeness (QED) is 0.828. The number of carbonyl (C=O) groups is 1. The molecule has 0 saturated heterocycles. The van der Waals surface area contributed by atoms with Crippen LogP contribution in [0.1, 0.15) is 17.7 Å². The Labute approximate surface area is 117 Å². The minimum atomic E-state index is -1.06. The van der Waals surface area contributed by atoms with Gasteiger partial charge in [0.2, 0.25) is 0 Å². The van der Waals surface area contributed by atoms with E-state index in [4.69, 9.17) is 9.47 Å². The highest BCUT2D eigenvalue weighted by molar-refractivity contribution is 5.90. The maximum absolute atomic E-state index is 10.7. The highest BCUT2D eigenvalue weighted by atomic mass is 16.5. The van der Waals surface area contributed by atoms with Crippen molar-refractivity contribution < 1.29 is 19.4 Å². The zero-order chi connectivity index (χ0) is 14.9. The van der Waals surface area contributed by atoms with Crippen LogP contribution in [0.4, 0.5) is 0 Å². The molecule has 0 N–H and O–H groups in total. The molecule has 1 aromatic heterocycles. The third-order valence-electron chi connectivity index (χ3n) is 3.53. The second kappa shape index (κ2) is 5.45. The molecule has 2 aromatic rings. The topological polar surface area (TPSA) is 63.5 Å². The monoisotopic (exact) mass is 276 g/mol. The fraction of sp³-hybridized carbons (Fsp3) is 0.400. The van der Waals surface area contributed by atoms with Crippen molar-refractivity contribution in [1.82, 2.24) is 4.57 Å². The largest absolute Gasteiger partial charge is 0.550 e. The van der Waals surface area contributed by atoms with Crippen molar-refractivity contribution in [3.63, 3.8) is 0 Å². The standard InChI is InChI=1S/C15H19NO4/c1-9-7-11-12(16(9)6-5-14(17)18)8-13(19-3)10(2)15(11)20-4/h7-8H,5-6H2,1-4H3,(H,17,18)/p-1. The first kappa shape index (κ1) is 14.2. The number of aryl methyl sites for hydroxylation is 2. The van der Waals surface area contributed by atoms with E-state index in [-0.39, 0.29) is 6.42 Å². The van der Waals surface area contributed by atoms with Crippen LogP contribution >= 0.6 is 0 Å². The van der Waals surface area contributed by atoms with Crippen molar-refractivity contribution in [1.29, 1.82) is 0 Å². The van der Waals surface area contributed by atoms with E-state index in [1.807, 2.05) is 30.5 Å². The number of aromatic nitrogens is 1. The van der Waals surface area contributed by atoms with Crippen LogP contribution in [0.2, 0.25) is 0 Å². The SMILES string of the molecule is COc1cc2c(cc(C)n2CCC(=O)[O-])c(OC)c1C. The average molecular weight is 276 g/mol. The van der Waals surface area contributed by atoms with Crippen molar-refractivity contribution in [3.8, 4) is 11.5 Å². The van der Waals surface area contributed by atoms with Crippen LogP contribution in [-0.4, -0.2) is 24.8 Å². The van der Waals surface area contributed by atoms with E-state index in [1.165, 1.54) is 0 Å². The number of methoxy groups -OCH3 is 2. The molecule has 108 valence electrons. The molecule has 0 spiro atoms. The van der Waals surface area contributed by atoms with E-state index < -0.39 is 5.97 Å². The summed E-state index contributed by atoms with van der Waals surface area (Å²) in [5.74, 6) is 0.425. The maximum atomic E-state index is 10.7. The predicted octanol–water partition coefficient (Wildman–Crippen LogP) is 1.42. The van der Waals surface area contributed by atoms with Crippen LogP contribution < -0.4 is 14.6 Å². The van der Waals surface area contributed by atoms with Crippen LogP contribution in [0, 0.1) is 13.8 Å². The zero-order valence-corrected chi connectivity index (χ0v) is 12.1. The van der Waals surface area contributed by atoms with Gasteiger partial charge in [0.05, 0.1) is 19.7 Å². The van der Waals surface area contributed by atoms with E-state index in [9.17, 15) is 9.90 Å². The molecule has 0 aliphatic rings. The van der Waals surface area contributed by atoms with Crippen LogP contribution in [-0.2, 0) is 11.3 Å². The Hall–Kier alpha value is -2.17. The zero-order valence-electron chi connectivity index (χ0n) is 12.1. The molecule has 0 aliphatic carbocycles. The minimum Gasteiger partial charge on any atom is -0.550 e. The predicted molar refractivity (Wildman–Crippen MR) is 74.1 cm³/mol. The van der Waals surface area contributed by atoms with Crippen LogP contribution in [0.5, 0.6) is 11.5 Å². The van der Waals surface area contributed by atoms with E-state index in [1.54, 1.807) is 14.2 Å². The summed E-state index contributed by atoms with van der Waals surface area (Å²) in [4.78, 5) is 10.7. The molecule has 2 rings (SSSR count). The number of ether oxygens (including phenoxy) is 2. The van der Waals surface area contributed by atoms with Gasteiger partial charge in [-0.25, -0.2) is 0 Å². The summed E-state index contributed by atoms with van der Waals surface area (Å²) in [6.07, 6.45) is -0.0247. The molecule has 1 aromatic carbocycles. The number of hydrogen-bond acceptors (Lipinski definition) is 4. The summed E-state index contributed by atoms with van der Waals surface area (Å²) in [5, 5.41) is 11.6. The van der Waals surface area contributed by atoms with Gasteiger partial charge >= 0.3 is 0 Å². The Morgan fingerprint density at radius 1 is 1.25 bits per heavy atom. The summed E-state index contributed by atoms with van der Waals surface area (Å²) in [6.45, 7) is 4.24. The van der Waals surface area contributed by atoms with E-state index in [0.29, 0.717) is 6.54 Å². The number of benzene rings is 1. The molecule has 5 nitrogen and oxygen atoms in total. The molecule has 0 bridgehead atoms. The van der Waals surface area contributed by atoms with Crippen LogP contribution in [0.3, 0.4) is 0 Å². The number of nitrogens with zero attached hydrogens (tertiary/aromatic N) is 1. The van der Waals surface area contributed by atoms with Gasteiger partial charge in [0, 0.05) is 41.6 Å². The number of carbonyl (C=O) groups excluding carboxylic acids is 1. The van der Waals surface area contributed by atoms with Crippen molar-refractivity contribution in [3.05, 3.63) is 23.4 Å². The van der Waals surface area contributed by atoms with Gasteiger partial charge in [0.25, 0.3) is 0 Å². The molecule has 5 heteroatoms. The first-order valence-corrected chi connectivity index (χ1v) is 6.40. The summed E-state index contributed by atoms with van der Waals surface area (Å²) < 4.78 is 12.8. The number of rotatable bonds is 5. The third-order valence-corrected chi connectivity index (χ3v) is 3.53. The Morgan fingerprint density at radius 3 is 2.50 bits per heavy atom. The van der Waals surface area contributed by atoms with Crippen LogP contribution in [0.15, 0.2) is 12.1 Å². The summed E-state index contributed by atoms with van der Waals surface area (Å²) in [6, 6.07) is 3.91. The van der Waals surface area contributed by atoms with Crippen molar-refractivity contribution in [2.45, 2.75) is 26.8 Å². The highest BCUT2D eigenvalue weighted by Gasteiger charge is 2.16. The van der Waals surface area contributed by atoms with Gasteiger partial charge in [-0.1, -0.05) is 0 Å². The first-order chi connectivity index (χ1) is 9.49. The maximum Gasteiger partial charge on any atom is 0.134 e. The summed E-state index contributed by atoms with van der Waals surface area (Å²) >= 11 is 0. The molecule has 0 unspecified atom stereocenters. The Balaban J connectivity index is 2.65. The van der Waals surface area contributed by atoms with E-state index in [0.717, 1.165) is 33.7 Å². The Kier molecular flexibility index (Phi) is 3.88. The smallest absolute Gasteiger partial charge is 0.134 e. The second-order valence-corrected chi connectivity index (χ2v) is 4.73. The first-order valence-electron chi connectivity index (χ1n) is 6.40. The van der Waals surface area contributed by atoms with Gasteiger partial charge in [-0.3, -0.25) is 0 Å². The molecule has 0 aliphatic heterocycles. The Morgan fingerprint density at radius 2 is 1.95 bits per heavy atom. The lowest BCUT2D eigenvalue weighted by molar-refractivity contribution is -0.305. The second-order valence-electron chi connectivity index (χ2n) is 4.73. The van der Waals surface area contributed by atoms with Crippen LogP contribution in [0.25, 0.3) is 10.9 Å². The van der Waals surface area contributed by atoms with Crippen molar-refractivity contribution >= 4 is 16.9 Å². The van der Waals surface area contributed by atoms with Gasteiger partial charge in [-0.15, -0.1) is 0 Å². The number of carboxylic acid groups (broad SMARTS) is 1. The lowest BCUT2D eigenvalue weighted by Crippen LogP contribution is -2.23. The van der Waals surface area contributed by atoms with Gasteiger partial charge in [-0.2, -0.15) is 0 Å². The molecule has 0 amide bonds. The normalized spacial score (nSPS) is 10.8. The van der Waals surface area contributed by atoms with E-state index in [2.05, 4.69) is 0 Å². The molecule has 0 saturated carbocycles. The van der Waals surface area contributed by atoms with Crippen molar-refractivity contribution in [2.24, 2.45) is 0 Å². The lowest BCUT2D eigenvalue weighted by atomic mass is 10.1. The van der Waals surface area contributed by atoms with Gasteiger partial charge < -0.3 is 23.9 Å². The summed E-state index contributed by atoms with van der Waals surface area (Å²) in [5.41, 5.74) is 2.81.